The van der Waals surface area contributed by atoms with E-state index in [1.54, 1.807) is 19.1 Å². The van der Waals surface area contributed by atoms with Gasteiger partial charge in [0.2, 0.25) is 0 Å². The van der Waals surface area contributed by atoms with Crippen molar-refractivity contribution >= 4 is 35.1 Å². The van der Waals surface area contributed by atoms with E-state index >= 15 is 35.1 Å². The van der Waals surface area contributed by atoms with Crippen LogP contribution >= 0.6 is 23.2 Å². The molecule has 0 aliphatic rings. The molecule has 2 heterocycles. The van der Waals surface area contributed by atoms with Gasteiger partial charge < -0.3 is 19.7 Å². The standard InChI is InChI=1S/C70H42Cl2F8N2O6/c1-33-20-21-38(32-81-33)40-22-26-53(78)66(69(40)79)61-42(13-7-19-57(61)88-36(4)84)45-24-27-50(75)63(67(45)71)59-41(12-6-17-55(59)86)44-23-28-51(76)64(68(44)72)60-43(14-8-18-56(60)87-35(3)83)46-25-29-52(77)65(70(46)80)58-34(2)82-54(62-48(73)15-9-16-49(62)74)31-47(58)37-10-5-11-39(85)30-37/h5-32,85-86H,1-4H3. The maximum absolute atomic E-state index is 18.1. The fourth-order valence-electron chi connectivity index (χ4n) is 10.9. The number of benzene rings is 9. The molecule has 0 saturated carbocycles. The summed E-state index contributed by atoms with van der Waals surface area (Å²) >= 11 is 14.7. The van der Waals surface area contributed by atoms with Crippen molar-refractivity contribution in [1.29, 1.82) is 0 Å². The molecule has 0 aliphatic carbocycles. The van der Waals surface area contributed by atoms with E-state index in [2.05, 4.69) is 9.97 Å². The van der Waals surface area contributed by atoms with E-state index in [9.17, 15) is 19.8 Å². The first-order valence-corrected chi connectivity index (χ1v) is 27.5. The summed E-state index contributed by atoms with van der Waals surface area (Å²) in [6.45, 7) is 5.22. The first kappa shape index (κ1) is 59.6. The smallest absolute Gasteiger partial charge is 0.308 e. The monoisotopic (exact) mass is 1230 g/mol. The number of aromatic nitrogens is 2. The lowest BCUT2D eigenvalue weighted by Gasteiger charge is -2.22. The number of carbonyl (C=O) groups is 2. The Kier molecular flexibility index (Phi) is 16.2. The number of rotatable bonds is 12. The zero-order valence-corrected chi connectivity index (χ0v) is 47.9. The summed E-state index contributed by atoms with van der Waals surface area (Å²) < 4.78 is 144. The molecule has 8 nitrogen and oxygen atoms in total. The van der Waals surface area contributed by atoms with Crippen molar-refractivity contribution < 1.29 is 64.4 Å². The number of halogens is 10. The average molecular weight is 1230 g/mol. The van der Waals surface area contributed by atoms with Gasteiger partial charge in [-0.2, -0.15) is 0 Å². The molecule has 11 rings (SSSR count). The Hall–Kier alpha value is -10.2. The van der Waals surface area contributed by atoms with Crippen molar-refractivity contribution in [3.63, 3.8) is 0 Å². The Morgan fingerprint density at radius 3 is 1.42 bits per heavy atom. The molecule has 438 valence electrons. The van der Waals surface area contributed by atoms with E-state index in [0.717, 1.165) is 62.4 Å². The predicted octanol–water partition coefficient (Wildman–Crippen LogP) is 19.4. The molecular formula is C70H42Cl2F8N2O6. The summed E-state index contributed by atoms with van der Waals surface area (Å²) in [5, 5.41) is 21.6. The minimum absolute atomic E-state index is 0.0175. The van der Waals surface area contributed by atoms with Gasteiger partial charge in [-0.25, -0.2) is 35.1 Å². The van der Waals surface area contributed by atoms with Gasteiger partial charge in [-0.15, -0.1) is 0 Å². The van der Waals surface area contributed by atoms with Crippen molar-refractivity contribution in [1.82, 2.24) is 9.97 Å². The molecule has 2 aromatic heterocycles. The molecule has 9 aromatic carbocycles. The Labute approximate surface area is 507 Å². The van der Waals surface area contributed by atoms with Gasteiger partial charge in [0.15, 0.2) is 0 Å². The lowest BCUT2D eigenvalue weighted by molar-refractivity contribution is -0.132. The molecule has 2 N–H and O–H groups in total. The van der Waals surface area contributed by atoms with Gasteiger partial charge in [0, 0.05) is 92.6 Å². The first-order chi connectivity index (χ1) is 42.1. The molecule has 0 atom stereocenters. The SMILES string of the molecule is CC(=O)Oc1cccc(-c2ccc(F)c(-c3c(O)cccc3-c3ccc(F)c(-c4c(OC(C)=O)cccc4-c4ccc(F)c(-c5c(-c6cccc(O)c6)cc(-c6c(F)cccc6F)nc5C)c4F)c3Cl)c2Cl)c1-c1c(F)ccc(-c2ccc(C)nc2)c1F. The van der Waals surface area contributed by atoms with Crippen LogP contribution in [0.5, 0.6) is 23.0 Å². The van der Waals surface area contributed by atoms with Gasteiger partial charge in [-0.1, -0.05) is 83.9 Å². The van der Waals surface area contributed by atoms with Crippen LogP contribution in [-0.2, 0) is 9.59 Å². The minimum atomic E-state index is -1.28. The van der Waals surface area contributed by atoms with E-state index < -0.39 is 108 Å². The summed E-state index contributed by atoms with van der Waals surface area (Å²) in [5.41, 5.74) is -4.57. The number of aromatic hydroxyl groups is 2. The van der Waals surface area contributed by atoms with E-state index in [0.29, 0.717) is 5.69 Å². The van der Waals surface area contributed by atoms with Crippen LogP contribution in [0.3, 0.4) is 0 Å². The molecule has 0 bridgehead atoms. The molecule has 0 saturated heterocycles. The molecule has 11 aromatic rings. The summed E-state index contributed by atoms with van der Waals surface area (Å²) in [6, 6.07) is 33.7. The second-order valence-electron chi connectivity index (χ2n) is 20.2. The third kappa shape index (κ3) is 10.9. The molecule has 18 heteroatoms. The van der Waals surface area contributed by atoms with Crippen molar-refractivity contribution in [3.05, 3.63) is 238 Å². The molecule has 0 fully saturated rings. The van der Waals surface area contributed by atoms with Gasteiger partial charge in [0.05, 0.1) is 32.4 Å². The molecule has 0 unspecified atom stereocenters. The van der Waals surface area contributed by atoms with Crippen LogP contribution in [0.2, 0.25) is 10.0 Å². The van der Waals surface area contributed by atoms with E-state index in [4.69, 9.17) is 32.7 Å². The Balaban J connectivity index is 1.11. The molecule has 0 aliphatic heterocycles. The lowest BCUT2D eigenvalue weighted by atomic mass is 9.86. The first-order valence-electron chi connectivity index (χ1n) is 26.7. The number of carbonyl (C=O) groups excluding carboxylic acids is 2. The van der Waals surface area contributed by atoms with Crippen molar-refractivity contribution in [2.75, 3.05) is 0 Å². The topological polar surface area (TPSA) is 119 Å². The fourth-order valence-corrected chi connectivity index (χ4v) is 11.6. The highest BCUT2D eigenvalue weighted by Gasteiger charge is 2.32. The third-order valence-corrected chi connectivity index (χ3v) is 15.4. The van der Waals surface area contributed by atoms with Crippen molar-refractivity contribution in [3.8, 4) is 134 Å². The highest BCUT2D eigenvalue weighted by atomic mass is 35.5. The normalized spacial score (nSPS) is 11.2. The molecule has 0 amide bonds. The van der Waals surface area contributed by atoms with Gasteiger partial charge in [-0.3, -0.25) is 19.6 Å². The van der Waals surface area contributed by atoms with Gasteiger partial charge >= 0.3 is 11.9 Å². The van der Waals surface area contributed by atoms with Crippen molar-refractivity contribution in [2.24, 2.45) is 0 Å². The Bertz CT molecular complexity index is 4690. The van der Waals surface area contributed by atoms with Crippen LogP contribution in [0.4, 0.5) is 35.1 Å². The second kappa shape index (κ2) is 24.0. The van der Waals surface area contributed by atoms with Crippen LogP contribution in [0, 0.1) is 60.4 Å². The zero-order valence-electron chi connectivity index (χ0n) is 46.4. The number of pyridine rings is 2. The molecular weight excluding hydrogens is 1190 g/mol. The number of hydrogen-bond acceptors (Lipinski definition) is 8. The Morgan fingerprint density at radius 2 is 0.864 bits per heavy atom. The lowest BCUT2D eigenvalue weighted by Crippen LogP contribution is -2.06. The van der Waals surface area contributed by atoms with Gasteiger partial charge in [0.25, 0.3) is 0 Å². The minimum Gasteiger partial charge on any atom is -0.508 e. The van der Waals surface area contributed by atoms with Gasteiger partial charge in [-0.05, 0) is 145 Å². The highest BCUT2D eigenvalue weighted by molar-refractivity contribution is 6.38. The summed E-state index contributed by atoms with van der Waals surface area (Å²) in [4.78, 5) is 34.2. The zero-order chi connectivity index (χ0) is 62.6. The summed E-state index contributed by atoms with van der Waals surface area (Å²) in [5.74, 6) is -12.0. The van der Waals surface area contributed by atoms with Crippen LogP contribution in [0.1, 0.15) is 25.2 Å². The predicted molar refractivity (Wildman–Crippen MR) is 321 cm³/mol. The quantitative estimate of drug-likeness (QED) is 0.0705. The van der Waals surface area contributed by atoms with Crippen LogP contribution in [0.15, 0.2) is 170 Å². The van der Waals surface area contributed by atoms with Crippen LogP contribution in [-0.4, -0.2) is 32.1 Å². The maximum Gasteiger partial charge on any atom is 0.308 e. The average Bonchev–Trinajstić information content (AvgIpc) is 0.790. The number of nitrogens with zero attached hydrogens (tertiary/aromatic N) is 2. The third-order valence-electron chi connectivity index (χ3n) is 14.6. The second-order valence-corrected chi connectivity index (χ2v) is 21.0. The number of aryl methyl sites for hydroxylation is 2. The van der Waals surface area contributed by atoms with E-state index in [-0.39, 0.29) is 101 Å². The van der Waals surface area contributed by atoms with E-state index in [1.165, 1.54) is 116 Å². The largest absolute Gasteiger partial charge is 0.508 e. The maximum atomic E-state index is 18.1. The Morgan fingerprint density at radius 1 is 0.409 bits per heavy atom. The fraction of sp³-hybridized carbons (Fsp3) is 0.0571. The molecule has 0 spiro atoms. The number of ether oxygens (including phenoxy) is 2. The number of phenols is 2. The van der Waals surface area contributed by atoms with Crippen LogP contribution < -0.4 is 9.47 Å². The summed E-state index contributed by atoms with van der Waals surface area (Å²) in [7, 11) is 0. The number of phenolic OH excluding ortho intramolecular Hbond substituents is 2. The number of esters is 2. The number of hydrogen-bond donors (Lipinski definition) is 2. The molecule has 0 radical (unpaired) electrons. The summed E-state index contributed by atoms with van der Waals surface area (Å²) in [6.07, 6.45) is 1.40. The van der Waals surface area contributed by atoms with Gasteiger partial charge in [0.1, 0.15) is 69.5 Å². The van der Waals surface area contributed by atoms with Crippen molar-refractivity contribution in [2.45, 2.75) is 27.7 Å². The molecule has 88 heavy (non-hydrogen) atoms. The highest BCUT2D eigenvalue weighted by Crippen LogP contribution is 2.54. The van der Waals surface area contributed by atoms with Crippen LogP contribution in [0.25, 0.3) is 111 Å². The van der Waals surface area contributed by atoms with E-state index in [1.807, 2.05) is 0 Å².